The second-order valence-electron chi connectivity index (χ2n) is 9.59. The Morgan fingerprint density at radius 3 is 2.41 bits per heavy atom. The van der Waals surface area contributed by atoms with Crippen LogP contribution in [0.25, 0.3) is 0 Å². The van der Waals surface area contributed by atoms with Crippen LogP contribution >= 0.6 is 0 Å². The van der Waals surface area contributed by atoms with Crippen LogP contribution in [0.1, 0.15) is 23.7 Å². The lowest BCUT2D eigenvalue weighted by atomic mass is 10.1. The minimum Gasteiger partial charge on any atom is -0.490 e. The van der Waals surface area contributed by atoms with E-state index in [0.29, 0.717) is 50.5 Å². The molecule has 2 aromatic carbocycles. The van der Waals surface area contributed by atoms with Crippen molar-refractivity contribution in [2.75, 3.05) is 44.2 Å². The number of fused-ring (bicyclic) bond motifs is 1. The third-order valence-corrected chi connectivity index (χ3v) is 6.94. The molecule has 2 unspecified atom stereocenters. The van der Waals surface area contributed by atoms with Gasteiger partial charge in [0.25, 0.3) is 0 Å². The molecule has 13 heteroatoms. The van der Waals surface area contributed by atoms with E-state index in [9.17, 15) is 28.4 Å². The Morgan fingerprint density at radius 2 is 1.77 bits per heavy atom. The lowest BCUT2D eigenvalue weighted by Crippen LogP contribution is -2.47. The van der Waals surface area contributed by atoms with Crippen molar-refractivity contribution in [3.63, 3.8) is 0 Å². The van der Waals surface area contributed by atoms with Crippen LogP contribution < -0.4 is 14.4 Å². The van der Waals surface area contributed by atoms with Crippen molar-refractivity contribution in [2.24, 2.45) is 0 Å². The Balaban J connectivity index is 1.06. The smallest absolute Gasteiger partial charge is 0.416 e. The van der Waals surface area contributed by atoms with Crippen LogP contribution in [-0.4, -0.2) is 69.9 Å². The maximum absolute atomic E-state index is 12.8. The second-order valence-corrected chi connectivity index (χ2v) is 9.59. The van der Waals surface area contributed by atoms with Gasteiger partial charge in [-0.2, -0.15) is 13.2 Å². The molecular weight excluding hydrogens is 519 g/mol. The van der Waals surface area contributed by atoms with E-state index < -0.39 is 22.8 Å². The molecule has 0 spiro atoms. The maximum Gasteiger partial charge on any atom is 0.416 e. The van der Waals surface area contributed by atoms with Gasteiger partial charge in [-0.25, -0.2) is 0 Å². The molecule has 1 fully saturated rings. The van der Waals surface area contributed by atoms with Gasteiger partial charge in [0.05, 0.1) is 11.7 Å². The average Bonchev–Trinajstić information content (AvgIpc) is 3.36. The third-order valence-electron chi connectivity index (χ3n) is 6.94. The van der Waals surface area contributed by atoms with Crippen molar-refractivity contribution in [3.05, 3.63) is 76.0 Å². The van der Waals surface area contributed by atoms with E-state index >= 15 is 0 Å². The molecule has 2 atom stereocenters. The average molecular weight is 548 g/mol. The Morgan fingerprint density at radius 1 is 1.08 bits per heavy atom. The normalized spacial score (nSPS) is 18.8. The van der Waals surface area contributed by atoms with Crippen molar-refractivity contribution >= 4 is 11.5 Å². The van der Waals surface area contributed by atoms with Crippen LogP contribution in [0, 0.1) is 10.1 Å². The molecule has 10 nitrogen and oxygen atoms in total. The second kappa shape index (κ2) is 11.1. The number of rotatable bonds is 8. The molecule has 0 aliphatic carbocycles. The van der Waals surface area contributed by atoms with Gasteiger partial charge in [-0.05, 0) is 46.9 Å². The Bertz CT molecular complexity index is 1270. The molecule has 208 valence electrons. The first kappa shape index (κ1) is 26.8. The molecule has 2 aliphatic rings. The van der Waals surface area contributed by atoms with E-state index in [0.717, 1.165) is 30.9 Å². The summed E-state index contributed by atoms with van der Waals surface area (Å²) in [4.78, 5) is 18.6. The minimum absolute atomic E-state index is 0.225. The maximum atomic E-state index is 12.8. The molecule has 1 aromatic heterocycles. The lowest BCUT2D eigenvalue weighted by molar-refractivity contribution is -0.389. The first-order valence-electron chi connectivity index (χ1n) is 12.6. The SMILES string of the molecule is O=[N+]([O-])c1cn2c(n1)OC(COc1ccc(N3CCN(CC(O)c4ccc(C(F)(F)F)cc4)CC3)cc1)CC2. The number of aromatic nitrogens is 2. The number of imidazole rings is 1. The molecular formula is C26H28F3N5O5. The number of benzene rings is 2. The van der Waals surface area contributed by atoms with E-state index in [1.165, 1.54) is 18.3 Å². The number of nitrogens with zero attached hydrogens (tertiary/aromatic N) is 5. The number of aliphatic hydroxyl groups is 1. The van der Waals surface area contributed by atoms with Gasteiger partial charge in [-0.15, -0.1) is 0 Å². The fourth-order valence-corrected chi connectivity index (χ4v) is 4.71. The van der Waals surface area contributed by atoms with Crippen LogP contribution in [0.2, 0.25) is 0 Å². The highest BCUT2D eigenvalue weighted by Gasteiger charge is 2.31. The van der Waals surface area contributed by atoms with E-state index in [2.05, 4.69) is 14.8 Å². The molecule has 3 heterocycles. The summed E-state index contributed by atoms with van der Waals surface area (Å²) in [5, 5.41) is 21.4. The lowest BCUT2D eigenvalue weighted by Gasteiger charge is -2.37. The summed E-state index contributed by atoms with van der Waals surface area (Å²) < 4.78 is 51.5. The van der Waals surface area contributed by atoms with Gasteiger partial charge in [0.2, 0.25) is 0 Å². The van der Waals surface area contributed by atoms with E-state index in [1.54, 1.807) is 4.57 Å². The molecule has 0 saturated carbocycles. The predicted octanol–water partition coefficient (Wildman–Crippen LogP) is 3.90. The van der Waals surface area contributed by atoms with Crippen molar-refractivity contribution in [1.82, 2.24) is 14.5 Å². The monoisotopic (exact) mass is 547 g/mol. The quantitative estimate of drug-likeness (QED) is 0.335. The largest absolute Gasteiger partial charge is 0.490 e. The van der Waals surface area contributed by atoms with E-state index in [1.807, 2.05) is 24.3 Å². The van der Waals surface area contributed by atoms with E-state index in [-0.39, 0.29) is 17.9 Å². The first-order valence-corrected chi connectivity index (χ1v) is 12.6. The van der Waals surface area contributed by atoms with Crippen LogP contribution in [0.5, 0.6) is 11.8 Å². The van der Waals surface area contributed by atoms with Gasteiger partial charge in [-0.3, -0.25) is 9.47 Å². The van der Waals surface area contributed by atoms with Crippen molar-refractivity contribution in [1.29, 1.82) is 0 Å². The van der Waals surface area contributed by atoms with Crippen LogP contribution in [0.15, 0.2) is 54.7 Å². The fourth-order valence-electron chi connectivity index (χ4n) is 4.71. The molecule has 2 aliphatic heterocycles. The topological polar surface area (TPSA) is 106 Å². The number of alkyl halides is 3. The summed E-state index contributed by atoms with van der Waals surface area (Å²) in [7, 11) is 0. The summed E-state index contributed by atoms with van der Waals surface area (Å²) >= 11 is 0. The van der Waals surface area contributed by atoms with Crippen molar-refractivity contribution < 1.29 is 32.7 Å². The number of nitro groups is 1. The number of ether oxygens (including phenoxy) is 2. The zero-order valence-electron chi connectivity index (χ0n) is 21.0. The predicted molar refractivity (Wildman–Crippen MR) is 135 cm³/mol. The molecule has 1 N–H and O–H groups in total. The first-order chi connectivity index (χ1) is 18.7. The van der Waals surface area contributed by atoms with Gasteiger partial charge >= 0.3 is 18.0 Å². The summed E-state index contributed by atoms with van der Waals surface area (Å²) in [6.45, 7) is 4.12. The molecule has 5 rings (SSSR count). The summed E-state index contributed by atoms with van der Waals surface area (Å²) in [6, 6.07) is 12.6. The van der Waals surface area contributed by atoms with Gasteiger partial charge in [0.15, 0.2) is 0 Å². The highest BCUT2D eigenvalue weighted by molar-refractivity contribution is 5.49. The van der Waals surface area contributed by atoms with Gasteiger partial charge in [0.1, 0.15) is 24.7 Å². The standard InChI is InChI=1S/C26H28F3N5O5/c27-26(28,29)19-3-1-18(2-4-19)23(35)15-31-11-13-32(14-12-31)20-5-7-21(8-6-20)38-17-22-9-10-33-16-24(34(36)37)30-25(33)39-22/h1-8,16,22-23,35H,9-15,17H2. The van der Waals surface area contributed by atoms with Crippen LogP contribution in [-0.2, 0) is 12.7 Å². The molecule has 0 amide bonds. The Hall–Kier alpha value is -3.84. The fraction of sp³-hybridized carbons (Fsp3) is 0.423. The molecule has 3 aromatic rings. The zero-order chi connectivity index (χ0) is 27.6. The zero-order valence-corrected chi connectivity index (χ0v) is 21.0. The number of aliphatic hydroxyl groups excluding tert-OH is 1. The highest BCUT2D eigenvalue weighted by Crippen LogP contribution is 2.30. The minimum atomic E-state index is -4.40. The van der Waals surface area contributed by atoms with Gasteiger partial charge < -0.3 is 29.6 Å². The summed E-state index contributed by atoms with van der Waals surface area (Å²) in [5.41, 5.74) is 0.770. The number of hydrogen-bond donors (Lipinski definition) is 1. The molecule has 0 bridgehead atoms. The Kier molecular flexibility index (Phi) is 7.62. The molecule has 1 saturated heterocycles. The molecule has 39 heavy (non-hydrogen) atoms. The van der Waals surface area contributed by atoms with Gasteiger partial charge in [-0.1, -0.05) is 12.1 Å². The van der Waals surface area contributed by atoms with Crippen molar-refractivity contribution in [3.8, 4) is 11.8 Å². The number of hydrogen-bond acceptors (Lipinski definition) is 8. The van der Waals surface area contributed by atoms with Gasteiger partial charge in [0, 0.05) is 56.4 Å². The number of piperazine rings is 1. The van der Waals surface area contributed by atoms with Crippen molar-refractivity contribution in [2.45, 2.75) is 31.3 Å². The molecule has 0 radical (unpaired) electrons. The number of halogens is 3. The highest BCUT2D eigenvalue weighted by atomic mass is 19.4. The third kappa shape index (κ3) is 6.42. The number of β-amino-alcohol motifs (C(OH)–C–C–N with tert-alkyl or cyclic N) is 1. The van der Waals surface area contributed by atoms with E-state index in [4.69, 9.17) is 9.47 Å². The summed E-state index contributed by atoms with van der Waals surface area (Å²) in [6.07, 6.45) is -3.50. The van der Waals surface area contributed by atoms with Crippen LogP contribution in [0.3, 0.4) is 0 Å². The number of anilines is 1. The van der Waals surface area contributed by atoms with Crippen LogP contribution in [0.4, 0.5) is 24.7 Å². The Labute approximate surface area is 222 Å². The summed E-state index contributed by atoms with van der Waals surface area (Å²) in [5.74, 6) is 0.443. The number of aryl methyl sites for hydroxylation is 1.